The topological polar surface area (TPSA) is 32.7 Å². The minimum atomic E-state index is -0.453. The van der Waals surface area contributed by atoms with E-state index in [1.807, 2.05) is 24.3 Å². The van der Waals surface area contributed by atoms with Gasteiger partial charge in [0.15, 0.2) is 0 Å². The highest BCUT2D eigenvalue weighted by atomic mass is 35.5. The summed E-state index contributed by atoms with van der Waals surface area (Å²) < 4.78 is 5.66. The van der Waals surface area contributed by atoms with Crippen LogP contribution in [0.1, 0.15) is 32.1 Å². The lowest BCUT2D eigenvalue weighted by Crippen LogP contribution is -2.39. The van der Waals surface area contributed by atoms with Gasteiger partial charge >= 0.3 is 0 Å². The minimum Gasteiger partial charge on any atom is -0.494 e. The summed E-state index contributed by atoms with van der Waals surface area (Å²) in [5, 5.41) is 11.1. The predicted octanol–water partition coefficient (Wildman–Crippen LogP) is 3.35. The molecule has 1 aliphatic rings. The van der Waals surface area contributed by atoms with Crippen LogP contribution in [0.2, 0.25) is 5.02 Å². The summed E-state index contributed by atoms with van der Waals surface area (Å²) in [5.41, 5.74) is -0.453. The van der Waals surface area contributed by atoms with Gasteiger partial charge in [-0.15, -0.1) is 0 Å². The van der Waals surface area contributed by atoms with Crippen LogP contribution < -0.4 is 4.74 Å². The molecule has 0 aromatic heterocycles. The maximum Gasteiger partial charge on any atom is 0.119 e. The van der Waals surface area contributed by atoms with Crippen molar-refractivity contribution in [2.75, 3.05) is 26.7 Å². The molecule has 112 valence electrons. The van der Waals surface area contributed by atoms with Crippen LogP contribution in [0, 0.1) is 0 Å². The minimum absolute atomic E-state index is 0.453. The van der Waals surface area contributed by atoms with Crippen LogP contribution in [-0.4, -0.2) is 42.4 Å². The fourth-order valence-corrected chi connectivity index (χ4v) is 2.95. The highest BCUT2D eigenvalue weighted by Gasteiger charge is 2.31. The molecule has 2 rings (SSSR count). The molecule has 4 heteroatoms. The third kappa shape index (κ3) is 4.97. The quantitative estimate of drug-likeness (QED) is 0.784. The Morgan fingerprint density at radius 2 is 1.90 bits per heavy atom. The van der Waals surface area contributed by atoms with Crippen molar-refractivity contribution < 1.29 is 9.84 Å². The van der Waals surface area contributed by atoms with E-state index < -0.39 is 5.60 Å². The molecule has 0 spiro atoms. The summed E-state index contributed by atoms with van der Waals surface area (Å²) in [5.74, 6) is 0.853. The van der Waals surface area contributed by atoms with E-state index in [1.54, 1.807) is 0 Å². The molecule has 1 aromatic carbocycles. The van der Waals surface area contributed by atoms with Crippen LogP contribution in [0.25, 0.3) is 0 Å². The van der Waals surface area contributed by atoms with E-state index in [4.69, 9.17) is 16.3 Å². The molecule has 1 fully saturated rings. The molecule has 0 radical (unpaired) electrons. The van der Waals surface area contributed by atoms with Gasteiger partial charge in [0.1, 0.15) is 5.75 Å². The molecule has 3 nitrogen and oxygen atoms in total. The van der Waals surface area contributed by atoms with Gasteiger partial charge in [0.25, 0.3) is 0 Å². The van der Waals surface area contributed by atoms with Gasteiger partial charge in [-0.3, -0.25) is 0 Å². The Morgan fingerprint density at radius 1 is 1.25 bits per heavy atom. The molecule has 0 aliphatic heterocycles. The van der Waals surface area contributed by atoms with Gasteiger partial charge < -0.3 is 14.7 Å². The van der Waals surface area contributed by atoms with Crippen LogP contribution in [0.5, 0.6) is 5.75 Å². The number of aliphatic hydroxyl groups is 1. The number of ether oxygens (including phenoxy) is 1. The first-order valence-corrected chi connectivity index (χ1v) is 7.75. The van der Waals surface area contributed by atoms with Crippen LogP contribution in [0.15, 0.2) is 24.3 Å². The largest absolute Gasteiger partial charge is 0.494 e. The SMILES string of the molecule is CN(CCCOc1ccc(Cl)cc1)CC1(O)CCCC1. The summed E-state index contributed by atoms with van der Waals surface area (Å²) in [6, 6.07) is 7.43. The summed E-state index contributed by atoms with van der Waals surface area (Å²) in [4.78, 5) is 2.20. The van der Waals surface area contributed by atoms with Crippen molar-refractivity contribution in [3.05, 3.63) is 29.3 Å². The average molecular weight is 298 g/mol. The maximum absolute atomic E-state index is 10.3. The first kappa shape index (κ1) is 15.6. The molecule has 1 saturated carbocycles. The fourth-order valence-electron chi connectivity index (χ4n) is 2.83. The number of hydrogen-bond donors (Lipinski definition) is 1. The average Bonchev–Trinajstić information content (AvgIpc) is 2.83. The Bertz CT molecular complexity index is 401. The lowest BCUT2D eigenvalue weighted by Gasteiger charge is -2.28. The molecule has 1 N–H and O–H groups in total. The second-order valence-electron chi connectivity index (χ2n) is 5.83. The van der Waals surface area contributed by atoms with Crippen molar-refractivity contribution in [2.24, 2.45) is 0 Å². The van der Waals surface area contributed by atoms with E-state index in [1.165, 1.54) is 0 Å². The van der Waals surface area contributed by atoms with Crippen molar-refractivity contribution in [1.82, 2.24) is 4.90 Å². The van der Waals surface area contributed by atoms with Gasteiger partial charge in [0, 0.05) is 18.1 Å². The Morgan fingerprint density at radius 3 is 2.55 bits per heavy atom. The second kappa shape index (κ2) is 7.30. The Balaban J connectivity index is 1.61. The number of likely N-dealkylation sites (N-methyl/N-ethyl adjacent to an activating group) is 1. The molecular weight excluding hydrogens is 274 g/mol. The van der Waals surface area contributed by atoms with Gasteiger partial charge in [-0.1, -0.05) is 24.4 Å². The van der Waals surface area contributed by atoms with E-state index in [9.17, 15) is 5.11 Å². The van der Waals surface area contributed by atoms with Crippen LogP contribution >= 0.6 is 11.6 Å². The fraction of sp³-hybridized carbons (Fsp3) is 0.625. The van der Waals surface area contributed by atoms with Gasteiger partial charge in [-0.2, -0.15) is 0 Å². The van der Waals surface area contributed by atoms with Crippen molar-refractivity contribution in [3.63, 3.8) is 0 Å². The van der Waals surface area contributed by atoms with E-state index in [2.05, 4.69) is 11.9 Å². The molecule has 0 amide bonds. The van der Waals surface area contributed by atoms with Gasteiger partial charge in [0.05, 0.1) is 12.2 Å². The van der Waals surface area contributed by atoms with Crippen LogP contribution in [-0.2, 0) is 0 Å². The molecule has 1 aliphatic carbocycles. The number of hydrogen-bond acceptors (Lipinski definition) is 3. The zero-order valence-electron chi connectivity index (χ0n) is 12.1. The molecule has 0 unspecified atom stereocenters. The molecular formula is C16H24ClNO2. The summed E-state index contributed by atoms with van der Waals surface area (Å²) >= 11 is 5.82. The number of benzene rings is 1. The van der Waals surface area contributed by atoms with E-state index >= 15 is 0 Å². The third-order valence-corrected chi connectivity index (χ3v) is 4.12. The molecule has 0 heterocycles. The Labute approximate surface area is 126 Å². The predicted molar refractivity (Wildman–Crippen MR) is 82.5 cm³/mol. The zero-order chi connectivity index (χ0) is 14.4. The summed E-state index contributed by atoms with van der Waals surface area (Å²) in [6.07, 6.45) is 5.15. The lowest BCUT2D eigenvalue weighted by atomic mass is 10.0. The summed E-state index contributed by atoms with van der Waals surface area (Å²) in [6.45, 7) is 2.40. The zero-order valence-corrected chi connectivity index (χ0v) is 12.9. The first-order chi connectivity index (χ1) is 9.57. The maximum atomic E-state index is 10.3. The summed E-state index contributed by atoms with van der Waals surface area (Å²) in [7, 11) is 2.07. The molecule has 0 saturated heterocycles. The molecule has 1 aromatic rings. The number of nitrogens with zero attached hydrogens (tertiary/aromatic N) is 1. The normalized spacial score (nSPS) is 17.6. The van der Waals surface area contributed by atoms with Crippen molar-refractivity contribution in [3.8, 4) is 5.75 Å². The number of halogens is 1. The highest BCUT2D eigenvalue weighted by Crippen LogP contribution is 2.29. The molecule has 0 atom stereocenters. The van der Waals surface area contributed by atoms with Gasteiger partial charge in [-0.25, -0.2) is 0 Å². The van der Waals surface area contributed by atoms with Crippen molar-refractivity contribution in [2.45, 2.75) is 37.7 Å². The molecule has 0 bridgehead atoms. The van der Waals surface area contributed by atoms with Crippen LogP contribution in [0.4, 0.5) is 0 Å². The van der Waals surface area contributed by atoms with Crippen molar-refractivity contribution >= 4 is 11.6 Å². The Hall–Kier alpha value is -0.770. The van der Waals surface area contributed by atoms with Gasteiger partial charge in [0.2, 0.25) is 0 Å². The van der Waals surface area contributed by atoms with E-state index in [-0.39, 0.29) is 0 Å². The molecule has 20 heavy (non-hydrogen) atoms. The van der Waals surface area contributed by atoms with E-state index in [0.29, 0.717) is 6.61 Å². The Kier molecular flexibility index (Phi) is 5.70. The smallest absolute Gasteiger partial charge is 0.119 e. The second-order valence-corrected chi connectivity index (χ2v) is 6.26. The van der Waals surface area contributed by atoms with Crippen LogP contribution in [0.3, 0.4) is 0 Å². The van der Waals surface area contributed by atoms with E-state index in [0.717, 1.165) is 56.0 Å². The number of rotatable bonds is 7. The first-order valence-electron chi connectivity index (χ1n) is 7.37. The standard InChI is InChI=1S/C16H24ClNO2/c1-18(13-16(19)9-2-3-10-16)11-4-12-20-15-7-5-14(17)6-8-15/h5-8,19H,2-4,9-13H2,1H3. The van der Waals surface area contributed by atoms with Gasteiger partial charge in [-0.05, 0) is 50.6 Å². The highest BCUT2D eigenvalue weighted by molar-refractivity contribution is 6.30. The van der Waals surface area contributed by atoms with Crippen molar-refractivity contribution in [1.29, 1.82) is 0 Å². The lowest BCUT2D eigenvalue weighted by molar-refractivity contribution is 0.0155. The monoisotopic (exact) mass is 297 g/mol. The third-order valence-electron chi connectivity index (χ3n) is 3.87.